The van der Waals surface area contributed by atoms with Crippen molar-refractivity contribution in [2.24, 2.45) is 0 Å². The van der Waals surface area contributed by atoms with Gasteiger partial charge in [0.2, 0.25) is 0 Å². The number of nitrogens with zero attached hydrogens (tertiary/aromatic N) is 1. The average molecular weight is 427 g/mol. The molecule has 0 saturated heterocycles. The summed E-state index contributed by atoms with van der Waals surface area (Å²) in [4.78, 5) is 14.3. The van der Waals surface area contributed by atoms with Gasteiger partial charge in [0.15, 0.2) is 0 Å². The van der Waals surface area contributed by atoms with E-state index in [1.165, 1.54) is 24.3 Å². The van der Waals surface area contributed by atoms with E-state index in [9.17, 15) is 13.2 Å². The highest BCUT2D eigenvalue weighted by Gasteiger charge is 2.18. The molecule has 144 valence electrons. The van der Waals surface area contributed by atoms with Crippen LogP contribution in [0.5, 0.6) is 0 Å². The van der Waals surface area contributed by atoms with Crippen LogP contribution in [0.3, 0.4) is 0 Å². The molecule has 0 spiro atoms. The Labute approximate surface area is 169 Å². The molecule has 0 atom stereocenters. The highest BCUT2D eigenvalue weighted by atomic mass is 35.5. The van der Waals surface area contributed by atoms with E-state index in [1.54, 1.807) is 23.1 Å². The molecule has 0 aliphatic carbocycles. The van der Waals surface area contributed by atoms with Crippen LogP contribution in [-0.4, -0.2) is 32.3 Å². The maximum Gasteiger partial charge on any atom is 0.261 e. The number of halogens is 2. The van der Waals surface area contributed by atoms with E-state index in [2.05, 4.69) is 11.3 Å². The summed E-state index contributed by atoms with van der Waals surface area (Å²) in [7, 11) is -3.87. The van der Waals surface area contributed by atoms with Crippen molar-refractivity contribution < 1.29 is 13.2 Å². The van der Waals surface area contributed by atoms with E-state index in [-0.39, 0.29) is 26.5 Å². The zero-order valence-electron chi connectivity index (χ0n) is 15.0. The molecule has 2 rings (SSSR count). The number of likely N-dealkylation sites (N-methyl/N-ethyl adjacent to an activating group) is 1. The first kappa shape index (κ1) is 21.3. The lowest BCUT2D eigenvalue weighted by atomic mass is 10.1. The maximum absolute atomic E-state index is 12.7. The number of sulfonamides is 1. The number of carbonyl (C=O) groups is 1. The topological polar surface area (TPSA) is 66.5 Å². The Morgan fingerprint density at radius 1 is 1.15 bits per heavy atom. The summed E-state index contributed by atoms with van der Waals surface area (Å²) in [6, 6.07) is 10.4. The molecule has 0 bridgehead atoms. The van der Waals surface area contributed by atoms with Gasteiger partial charge in [-0.05, 0) is 50.2 Å². The largest absolute Gasteiger partial charge is 0.335 e. The molecule has 2 aromatic rings. The third-order valence-corrected chi connectivity index (χ3v) is 5.81. The van der Waals surface area contributed by atoms with Gasteiger partial charge < -0.3 is 4.90 Å². The molecule has 2 aromatic carbocycles. The van der Waals surface area contributed by atoms with Gasteiger partial charge in [0.05, 0.1) is 14.9 Å². The molecular formula is C19H20Cl2N2O3S. The van der Waals surface area contributed by atoms with Crippen molar-refractivity contribution in [1.29, 1.82) is 0 Å². The summed E-state index contributed by atoms with van der Waals surface area (Å²) in [6.45, 7) is 8.50. The number of anilines is 1. The number of hydrogen-bond donors (Lipinski definition) is 1. The SMILES string of the molecule is C=C(C)CN(CC)C(=O)c1cccc(NS(=O)(=O)c2ccc(Cl)c(Cl)c2)c1. The molecule has 1 amide bonds. The molecule has 0 unspecified atom stereocenters. The van der Waals surface area contributed by atoms with Gasteiger partial charge in [-0.25, -0.2) is 8.42 Å². The van der Waals surface area contributed by atoms with Crippen LogP contribution in [0.1, 0.15) is 24.2 Å². The number of hydrogen-bond acceptors (Lipinski definition) is 3. The summed E-state index contributed by atoms with van der Waals surface area (Å²) < 4.78 is 27.6. The maximum atomic E-state index is 12.7. The molecule has 0 aliphatic heterocycles. The van der Waals surface area contributed by atoms with Crippen molar-refractivity contribution in [3.05, 3.63) is 70.2 Å². The molecule has 0 saturated carbocycles. The standard InChI is InChI=1S/C19H20Cl2N2O3S/c1-4-23(12-13(2)3)19(24)14-6-5-7-15(10-14)22-27(25,26)16-8-9-17(20)18(21)11-16/h5-11,22H,2,4,12H2,1,3H3. The second kappa shape index (κ2) is 8.78. The van der Waals surface area contributed by atoms with Crippen LogP contribution in [0.4, 0.5) is 5.69 Å². The monoisotopic (exact) mass is 426 g/mol. The Morgan fingerprint density at radius 2 is 1.85 bits per heavy atom. The highest BCUT2D eigenvalue weighted by molar-refractivity contribution is 7.92. The first-order valence-electron chi connectivity index (χ1n) is 8.15. The van der Waals surface area contributed by atoms with Crippen LogP contribution in [0.25, 0.3) is 0 Å². The van der Waals surface area contributed by atoms with Gasteiger partial charge in [-0.1, -0.05) is 41.4 Å². The second-order valence-electron chi connectivity index (χ2n) is 6.04. The fraction of sp³-hybridized carbons (Fsp3) is 0.211. The number of carbonyl (C=O) groups excluding carboxylic acids is 1. The lowest BCUT2D eigenvalue weighted by molar-refractivity contribution is 0.0778. The molecule has 0 aromatic heterocycles. The Morgan fingerprint density at radius 3 is 2.44 bits per heavy atom. The molecule has 0 fully saturated rings. The zero-order chi connectivity index (χ0) is 20.2. The van der Waals surface area contributed by atoms with Crippen LogP contribution in [0, 0.1) is 0 Å². The van der Waals surface area contributed by atoms with Crippen molar-refractivity contribution in [3.8, 4) is 0 Å². The van der Waals surface area contributed by atoms with Gasteiger partial charge in [0, 0.05) is 24.3 Å². The van der Waals surface area contributed by atoms with Crippen molar-refractivity contribution in [1.82, 2.24) is 4.90 Å². The molecule has 0 radical (unpaired) electrons. The van der Waals surface area contributed by atoms with Crippen molar-refractivity contribution >= 4 is 44.8 Å². The minimum absolute atomic E-state index is 0.0221. The van der Waals surface area contributed by atoms with Crippen molar-refractivity contribution in [2.45, 2.75) is 18.7 Å². The lowest BCUT2D eigenvalue weighted by Gasteiger charge is -2.21. The Hall–Kier alpha value is -2.02. The Balaban J connectivity index is 2.27. The first-order chi connectivity index (χ1) is 12.6. The highest BCUT2D eigenvalue weighted by Crippen LogP contribution is 2.26. The fourth-order valence-corrected chi connectivity index (χ4v) is 3.85. The first-order valence-corrected chi connectivity index (χ1v) is 10.4. The van der Waals surface area contributed by atoms with Gasteiger partial charge >= 0.3 is 0 Å². The smallest absolute Gasteiger partial charge is 0.261 e. The van der Waals surface area contributed by atoms with Gasteiger partial charge in [-0.3, -0.25) is 9.52 Å². The van der Waals surface area contributed by atoms with Crippen molar-refractivity contribution in [2.75, 3.05) is 17.8 Å². The summed E-state index contributed by atoms with van der Waals surface area (Å²) in [5.74, 6) is -0.198. The summed E-state index contributed by atoms with van der Waals surface area (Å²) in [5, 5.41) is 0.405. The Kier molecular flexibility index (Phi) is 6.92. The molecule has 0 aliphatic rings. The van der Waals surface area contributed by atoms with Gasteiger partial charge in [0.25, 0.3) is 15.9 Å². The predicted octanol–water partition coefficient (Wildman–Crippen LogP) is 4.83. The molecule has 1 N–H and O–H groups in total. The van der Waals surface area contributed by atoms with E-state index >= 15 is 0 Å². The fourth-order valence-electron chi connectivity index (χ4n) is 2.41. The average Bonchev–Trinajstić information content (AvgIpc) is 2.61. The van der Waals surface area contributed by atoms with E-state index in [1.807, 2.05) is 13.8 Å². The second-order valence-corrected chi connectivity index (χ2v) is 8.54. The number of nitrogens with one attached hydrogen (secondary N) is 1. The van der Waals surface area contributed by atoms with Gasteiger partial charge in [-0.15, -0.1) is 0 Å². The zero-order valence-corrected chi connectivity index (χ0v) is 17.3. The molecule has 0 heterocycles. The van der Waals surface area contributed by atoms with Crippen LogP contribution >= 0.6 is 23.2 Å². The van der Waals surface area contributed by atoms with Crippen LogP contribution < -0.4 is 4.72 Å². The molecular weight excluding hydrogens is 407 g/mol. The third kappa shape index (κ3) is 5.48. The van der Waals surface area contributed by atoms with Gasteiger partial charge in [0.1, 0.15) is 0 Å². The minimum atomic E-state index is -3.87. The minimum Gasteiger partial charge on any atom is -0.335 e. The summed E-state index contributed by atoms with van der Waals surface area (Å²) >= 11 is 11.7. The van der Waals surface area contributed by atoms with E-state index < -0.39 is 10.0 Å². The van der Waals surface area contributed by atoms with E-state index in [4.69, 9.17) is 23.2 Å². The molecule has 27 heavy (non-hydrogen) atoms. The third-order valence-electron chi connectivity index (χ3n) is 3.69. The van der Waals surface area contributed by atoms with Gasteiger partial charge in [-0.2, -0.15) is 0 Å². The quantitative estimate of drug-likeness (QED) is 0.644. The number of benzene rings is 2. The number of amides is 1. The van der Waals surface area contributed by atoms with E-state index in [0.29, 0.717) is 18.7 Å². The molecule has 8 heteroatoms. The summed E-state index contributed by atoms with van der Waals surface area (Å²) in [5.41, 5.74) is 1.52. The summed E-state index contributed by atoms with van der Waals surface area (Å²) in [6.07, 6.45) is 0. The molecule has 5 nitrogen and oxygen atoms in total. The van der Waals surface area contributed by atoms with Crippen LogP contribution in [0.2, 0.25) is 10.0 Å². The predicted molar refractivity (Wildman–Crippen MR) is 110 cm³/mol. The normalized spacial score (nSPS) is 11.1. The lowest BCUT2D eigenvalue weighted by Crippen LogP contribution is -2.32. The van der Waals surface area contributed by atoms with Crippen LogP contribution in [-0.2, 0) is 10.0 Å². The van der Waals surface area contributed by atoms with Crippen LogP contribution in [0.15, 0.2) is 59.5 Å². The Bertz CT molecular complexity index is 975. The van der Waals surface area contributed by atoms with Crippen molar-refractivity contribution in [3.63, 3.8) is 0 Å². The number of rotatable bonds is 7. The van der Waals surface area contributed by atoms with E-state index in [0.717, 1.165) is 5.57 Å².